The number of pyridine rings is 1. The number of nitrogen functional groups attached to an aromatic ring is 1. The zero-order valence-corrected chi connectivity index (χ0v) is 17.5. The van der Waals surface area contributed by atoms with E-state index < -0.39 is 6.09 Å². The van der Waals surface area contributed by atoms with E-state index in [1.54, 1.807) is 30.6 Å². The van der Waals surface area contributed by atoms with E-state index >= 15 is 0 Å². The first-order valence-corrected chi connectivity index (χ1v) is 10.8. The number of Topliss-reactive ketones (excluding diaryl/α,β-unsaturated/α-hetero) is 1. The molecule has 1 aromatic carbocycles. The minimum Gasteiger partial charge on any atom is -0.449 e. The van der Waals surface area contributed by atoms with E-state index in [-0.39, 0.29) is 5.78 Å². The lowest BCUT2D eigenvalue weighted by molar-refractivity contribution is 0.103. The number of hydrogen-bond acceptors (Lipinski definition) is 6. The van der Waals surface area contributed by atoms with Crippen LogP contribution in [0.25, 0.3) is 0 Å². The maximum absolute atomic E-state index is 12.8. The normalized spacial score (nSPS) is 16.6. The van der Waals surface area contributed by atoms with Crippen LogP contribution in [0.2, 0.25) is 0 Å². The number of benzene rings is 1. The maximum Gasteiger partial charge on any atom is 0.411 e. The molecule has 7 nitrogen and oxygen atoms in total. The molecule has 162 valence electrons. The monoisotopic (exact) mass is 420 g/mol. The Labute approximate surface area is 182 Å². The number of nitrogens with one attached hydrogen (secondary N) is 1. The van der Waals surface area contributed by atoms with Crippen molar-refractivity contribution in [1.82, 2.24) is 4.98 Å². The zero-order chi connectivity index (χ0) is 21.6. The van der Waals surface area contributed by atoms with Crippen molar-refractivity contribution in [3.63, 3.8) is 0 Å². The minimum absolute atomic E-state index is 0.0800. The molecule has 0 atom stereocenters. The molecule has 4 rings (SSSR count). The number of anilines is 3. The number of nitrogens with zero attached hydrogens (tertiary/aromatic N) is 2. The van der Waals surface area contributed by atoms with Crippen LogP contribution in [0, 0.1) is 5.92 Å². The number of ether oxygens (including phenoxy) is 1. The van der Waals surface area contributed by atoms with E-state index in [1.807, 2.05) is 18.2 Å². The molecule has 2 aromatic rings. The lowest BCUT2D eigenvalue weighted by Gasteiger charge is -2.33. The van der Waals surface area contributed by atoms with Crippen LogP contribution in [0.1, 0.15) is 42.5 Å². The van der Waals surface area contributed by atoms with Crippen molar-refractivity contribution in [3.8, 4) is 0 Å². The van der Waals surface area contributed by atoms with Crippen molar-refractivity contribution in [2.24, 2.45) is 5.92 Å². The summed E-state index contributed by atoms with van der Waals surface area (Å²) in [6, 6.07) is 9.11. The quantitative estimate of drug-likeness (QED) is 0.530. The average Bonchev–Trinajstić information content (AvgIpc) is 3.35. The summed E-state index contributed by atoms with van der Waals surface area (Å²) in [5.74, 6) is 0.227. The number of carbonyl (C=O) groups excluding carboxylic acids is 2. The second kappa shape index (κ2) is 9.64. The second-order valence-corrected chi connectivity index (χ2v) is 8.08. The number of ketones is 1. The summed E-state index contributed by atoms with van der Waals surface area (Å²) >= 11 is 0. The van der Waals surface area contributed by atoms with Crippen LogP contribution < -0.4 is 16.0 Å². The summed E-state index contributed by atoms with van der Waals surface area (Å²) in [6.45, 7) is 2.18. The van der Waals surface area contributed by atoms with Gasteiger partial charge in [0, 0.05) is 36.7 Å². The molecule has 1 aromatic heterocycles. The van der Waals surface area contributed by atoms with Gasteiger partial charge in [-0.15, -0.1) is 0 Å². The van der Waals surface area contributed by atoms with Crippen LogP contribution in [0.15, 0.2) is 54.4 Å². The molecule has 1 fully saturated rings. The molecule has 7 heteroatoms. The Morgan fingerprint density at radius 2 is 1.94 bits per heavy atom. The molecule has 1 amide bonds. The topological polar surface area (TPSA) is 97.5 Å². The summed E-state index contributed by atoms with van der Waals surface area (Å²) in [7, 11) is 0. The third kappa shape index (κ3) is 5.05. The van der Waals surface area contributed by atoms with Gasteiger partial charge in [0.2, 0.25) is 0 Å². The maximum atomic E-state index is 12.8. The van der Waals surface area contributed by atoms with Gasteiger partial charge >= 0.3 is 6.09 Å². The SMILES string of the molecule is Nc1cccc(C(=O)C2=CCCC2)c1NC(=O)OCC1CCN(c2ccncc2)CC1. The number of aromatic nitrogens is 1. The summed E-state index contributed by atoms with van der Waals surface area (Å²) in [5.41, 5.74) is 9.11. The number of allylic oxidation sites excluding steroid dienone is 2. The number of para-hydroxylation sites is 1. The van der Waals surface area contributed by atoms with Crippen LogP contribution in [0.5, 0.6) is 0 Å². The molecule has 0 unspecified atom stereocenters. The summed E-state index contributed by atoms with van der Waals surface area (Å²) in [6.07, 6.45) is 9.52. The van der Waals surface area contributed by atoms with Crippen LogP contribution in [-0.4, -0.2) is 36.6 Å². The minimum atomic E-state index is -0.580. The Morgan fingerprint density at radius 3 is 2.65 bits per heavy atom. The highest BCUT2D eigenvalue weighted by Crippen LogP contribution is 2.30. The van der Waals surface area contributed by atoms with Gasteiger partial charge in [0.1, 0.15) is 0 Å². The van der Waals surface area contributed by atoms with Crippen molar-refractivity contribution >= 4 is 28.9 Å². The molecule has 0 radical (unpaired) electrons. The molecule has 2 heterocycles. The predicted molar refractivity (Wildman–Crippen MR) is 121 cm³/mol. The molecule has 0 saturated carbocycles. The van der Waals surface area contributed by atoms with Gasteiger partial charge in [0.25, 0.3) is 0 Å². The van der Waals surface area contributed by atoms with Gasteiger partial charge in [-0.25, -0.2) is 4.79 Å². The largest absolute Gasteiger partial charge is 0.449 e. The van der Waals surface area contributed by atoms with E-state index in [1.165, 1.54) is 5.69 Å². The van der Waals surface area contributed by atoms with Crippen LogP contribution >= 0.6 is 0 Å². The van der Waals surface area contributed by atoms with Crippen molar-refractivity contribution in [3.05, 3.63) is 59.9 Å². The highest BCUT2D eigenvalue weighted by atomic mass is 16.5. The Hall–Kier alpha value is -3.35. The first-order valence-electron chi connectivity index (χ1n) is 10.8. The molecular formula is C24H28N4O3. The third-order valence-electron chi connectivity index (χ3n) is 5.99. The van der Waals surface area contributed by atoms with E-state index in [0.29, 0.717) is 29.5 Å². The smallest absolute Gasteiger partial charge is 0.411 e. The standard InChI is InChI=1S/C24H28N4O3/c25-21-7-3-6-20(23(29)18-4-1-2-5-18)22(21)27-24(30)31-16-17-10-14-28(15-11-17)19-8-12-26-13-9-19/h3-4,6-9,12-13,17H,1-2,5,10-11,14-16,25H2,(H,27,30). The number of hydrogen-bond donors (Lipinski definition) is 2. The van der Waals surface area contributed by atoms with Crippen LogP contribution in [0.4, 0.5) is 21.9 Å². The second-order valence-electron chi connectivity index (χ2n) is 8.08. The lowest BCUT2D eigenvalue weighted by Crippen LogP contribution is -2.35. The first-order chi connectivity index (χ1) is 15.1. The Kier molecular flexibility index (Phi) is 6.50. The fourth-order valence-corrected chi connectivity index (χ4v) is 4.19. The molecule has 2 aliphatic rings. The first kappa shape index (κ1) is 20.9. The summed E-state index contributed by atoms with van der Waals surface area (Å²) < 4.78 is 5.48. The van der Waals surface area contributed by atoms with Gasteiger partial charge in [0.05, 0.1) is 18.0 Å². The fourth-order valence-electron chi connectivity index (χ4n) is 4.19. The molecule has 0 bridgehead atoms. The van der Waals surface area contributed by atoms with E-state index in [2.05, 4.69) is 15.2 Å². The number of carbonyl (C=O) groups is 2. The number of piperidine rings is 1. The molecule has 31 heavy (non-hydrogen) atoms. The lowest BCUT2D eigenvalue weighted by atomic mass is 9.97. The zero-order valence-electron chi connectivity index (χ0n) is 17.5. The Balaban J connectivity index is 1.31. The van der Waals surface area contributed by atoms with Gasteiger partial charge in [-0.05, 0) is 67.9 Å². The highest BCUT2D eigenvalue weighted by molar-refractivity contribution is 6.15. The Bertz CT molecular complexity index is 966. The predicted octanol–water partition coefficient (Wildman–Crippen LogP) is 4.42. The molecule has 1 aliphatic heterocycles. The van der Waals surface area contributed by atoms with Gasteiger partial charge in [-0.2, -0.15) is 0 Å². The third-order valence-corrected chi connectivity index (χ3v) is 5.99. The van der Waals surface area contributed by atoms with Crippen LogP contribution in [-0.2, 0) is 4.74 Å². The van der Waals surface area contributed by atoms with Crippen molar-refractivity contribution in [2.75, 3.05) is 35.6 Å². The number of nitrogens with two attached hydrogens (primary N) is 1. The van der Waals surface area contributed by atoms with Gasteiger partial charge in [0.15, 0.2) is 5.78 Å². The van der Waals surface area contributed by atoms with E-state index in [4.69, 9.17) is 10.5 Å². The fraction of sp³-hybridized carbons (Fsp3) is 0.375. The van der Waals surface area contributed by atoms with Crippen molar-refractivity contribution < 1.29 is 14.3 Å². The highest BCUT2D eigenvalue weighted by Gasteiger charge is 2.23. The van der Waals surface area contributed by atoms with Gasteiger partial charge < -0.3 is 15.4 Å². The molecule has 1 saturated heterocycles. The van der Waals surface area contributed by atoms with E-state index in [0.717, 1.165) is 50.8 Å². The van der Waals surface area contributed by atoms with Gasteiger partial charge in [-0.1, -0.05) is 12.1 Å². The molecular weight excluding hydrogens is 392 g/mol. The summed E-state index contributed by atoms with van der Waals surface area (Å²) in [4.78, 5) is 31.7. The average molecular weight is 421 g/mol. The van der Waals surface area contributed by atoms with Crippen molar-refractivity contribution in [2.45, 2.75) is 32.1 Å². The number of rotatable bonds is 6. The molecule has 0 spiro atoms. The van der Waals surface area contributed by atoms with E-state index in [9.17, 15) is 9.59 Å². The summed E-state index contributed by atoms with van der Waals surface area (Å²) in [5, 5.41) is 2.71. The Morgan fingerprint density at radius 1 is 1.16 bits per heavy atom. The number of amides is 1. The van der Waals surface area contributed by atoms with Crippen LogP contribution in [0.3, 0.4) is 0 Å². The molecule has 1 aliphatic carbocycles. The molecule has 3 N–H and O–H groups in total. The van der Waals surface area contributed by atoms with Gasteiger partial charge in [-0.3, -0.25) is 15.1 Å². The van der Waals surface area contributed by atoms with Crippen molar-refractivity contribution in [1.29, 1.82) is 0 Å².